The fourth-order valence-electron chi connectivity index (χ4n) is 6.55. The molecule has 2 heterocycles. The number of nitrogens with zero attached hydrogens (tertiary/aromatic N) is 3. The number of carbonyl (C=O) groups is 3. The third-order valence-electron chi connectivity index (χ3n) is 9.67. The second-order valence-corrected chi connectivity index (χ2v) is 17.9. The molecule has 3 amide bonds. The van der Waals surface area contributed by atoms with E-state index in [1.807, 2.05) is 72.7 Å². The number of piperidine rings is 1. The monoisotopic (exact) mass is 756 g/mol. The summed E-state index contributed by atoms with van der Waals surface area (Å²) in [6.45, 7) is 21.1. The van der Waals surface area contributed by atoms with Gasteiger partial charge in [-0.1, -0.05) is 26.8 Å². The summed E-state index contributed by atoms with van der Waals surface area (Å²) in [6.07, 6.45) is 5.46. The van der Waals surface area contributed by atoms with E-state index in [0.29, 0.717) is 47.5 Å². The molecule has 1 saturated heterocycles. The lowest BCUT2D eigenvalue weighted by Gasteiger charge is -2.33. The second kappa shape index (κ2) is 16.5. The van der Waals surface area contributed by atoms with Gasteiger partial charge in [0.1, 0.15) is 28.5 Å². The Morgan fingerprint density at radius 1 is 0.873 bits per heavy atom. The molecule has 1 aromatic heterocycles. The Kier molecular flexibility index (Phi) is 12.4. The van der Waals surface area contributed by atoms with Gasteiger partial charge in [0, 0.05) is 48.2 Å². The Bertz CT molecular complexity index is 1860. The predicted octanol–water partition coefficient (Wildman–Crippen LogP) is 9.83. The highest BCUT2D eigenvalue weighted by molar-refractivity contribution is 6.05. The molecule has 2 aromatic carbocycles. The van der Waals surface area contributed by atoms with Crippen LogP contribution in [0.4, 0.5) is 15.3 Å². The Morgan fingerprint density at radius 2 is 1.55 bits per heavy atom. The third-order valence-corrected chi connectivity index (χ3v) is 9.67. The van der Waals surface area contributed by atoms with Crippen molar-refractivity contribution in [3.05, 3.63) is 76.6 Å². The molecule has 298 valence electrons. The molecule has 3 aromatic rings. The molecule has 1 N–H and O–H groups in total. The fraction of sp³-hybridized carbons (Fsp3) is 0.545. The van der Waals surface area contributed by atoms with Crippen molar-refractivity contribution in [3.63, 3.8) is 0 Å². The van der Waals surface area contributed by atoms with E-state index in [2.05, 4.69) is 37.1 Å². The van der Waals surface area contributed by atoms with E-state index in [1.54, 1.807) is 35.2 Å². The van der Waals surface area contributed by atoms with Crippen LogP contribution in [0, 0.1) is 12.8 Å². The maximum atomic E-state index is 13.9. The van der Waals surface area contributed by atoms with Gasteiger partial charge in [-0.25, -0.2) is 9.59 Å². The van der Waals surface area contributed by atoms with Crippen LogP contribution in [-0.4, -0.2) is 70.3 Å². The number of pyridine rings is 1. The number of methoxy groups -OCH3 is 1. The van der Waals surface area contributed by atoms with Crippen molar-refractivity contribution in [2.24, 2.45) is 5.92 Å². The topological polar surface area (TPSA) is 120 Å². The minimum Gasteiger partial charge on any atom is -0.494 e. The highest BCUT2D eigenvalue weighted by atomic mass is 16.6. The van der Waals surface area contributed by atoms with Crippen LogP contribution in [0.2, 0.25) is 0 Å². The van der Waals surface area contributed by atoms with Crippen molar-refractivity contribution in [2.75, 3.05) is 25.5 Å². The van der Waals surface area contributed by atoms with Gasteiger partial charge in [0.2, 0.25) is 0 Å². The van der Waals surface area contributed by atoms with Crippen molar-refractivity contribution in [1.82, 2.24) is 14.8 Å². The van der Waals surface area contributed by atoms with Gasteiger partial charge in [0.15, 0.2) is 0 Å². The highest BCUT2D eigenvalue weighted by Gasteiger charge is 2.36. The van der Waals surface area contributed by atoms with E-state index in [-0.39, 0.29) is 36.1 Å². The number of benzene rings is 2. The number of rotatable bonds is 10. The molecule has 0 bridgehead atoms. The van der Waals surface area contributed by atoms with Crippen molar-refractivity contribution < 1.29 is 33.3 Å². The third kappa shape index (κ3) is 11.6. The molecule has 0 unspecified atom stereocenters. The van der Waals surface area contributed by atoms with Gasteiger partial charge in [-0.3, -0.25) is 9.78 Å². The van der Waals surface area contributed by atoms with Crippen LogP contribution in [0.1, 0.15) is 121 Å². The number of anilines is 1. The van der Waals surface area contributed by atoms with Crippen LogP contribution in [-0.2, 0) is 27.9 Å². The summed E-state index contributed by atoms with van der Waals surface area (Å²) in [6, 6.07) is 13.2. The Balaban J connectivity index is 1.31. The number of hydrogen-bond donors (Lipinski definition) is 1. The smallest absolute Gasteiger partial charge is 0.410 e. The quantitative estimate of drug-likeness (QED) is 0.217. The zero-order valence-electron chi connectivity index (χ0n) is 34.6. The van der Waals surface area contributed by atoms with Crippen molar-refractivity contribution in [2.45, 2.75) is 131 Å². The number of ether oxygens (including phenoxy) is 4. The lowest BCUT2D eigenvalue weighted by molar-refractivity contribution is 0.0180. The summed E-state index contributed by atoms with van der Waals surface area (Å²) in [5, 5.41) is 3.11. The molecule has 2 fully saturated rings. The van der Waals surface area contributed by atoms with Gasteiger partial charge in [-0.05, 0) is 133 Å². The first kappa shape index (κ1) is 41.4. The van der Waals surface area contributed by atoms with E-state index < -0.39 is 11.2 Å². The summed E-state index contributed by atoms with van der Waals surface area (Å²) in [7, 11) is 1.58. The average Bonchev–Trinajstić information content (AvgIpc) is 3.92. The summed E-state index contributed by atoms with van der Waals surface area (Å²) in [4.78, 5) is 47.9. The number of hydrogen-bond acceptors (Lipinski definition) is 8. The van der Waals surface area contributed by atoms with Crippen LogP contribution in [0.25, 0.3) is 0 Å². The van der Waals surface area contributed by atoms with Crippen LogP contribution < -0.4 is 14.8 Å². The van der Waals surface area contributed by atoms with E-state index in [0.717, 1.165) is 54.5 Å². The van der Waals surface area contributed by atoms with Gasteiger partial charge >= 0.3 is 12.2 Å². The molecule has 1 saturated carbocycles. The Morgan fingerprint density at radius 3 is 2.15 bits per heavy atom. The molecule has 55 heavy (non-hydrogen) atoms. The lowest BCUT2D eigenvalue weighted by Crippen LogP contribution is -2.42. The molecule has 2 aliphatic rings. The molecule has 0 atom stereocenters. The first-order valence-electron chi connectivity index (χ1n) is 19.4. The maximum absolute atomic E-state index is 13.9. The van der Waals surface area contributed by atoms with Crippen molar-refractivity contribution >= 4 is 23.8 Å². The normalized spacial score (nSPS) is 15.3. The number of carbonyl (C=O) groups excluding carboxylic acids is 3. The highest BCUT2D eigenvalue weighted by Crippen LogP contribution is 2.39. The standard InChI is InChI=1S/C44H60N4O7/c1-28-12-13-30(24-37(28)53-35-16-19-45-33(26-35)22-29-17-20-47(21-18-29)40(50)54-43(5,6)7)39(49)46-36-25-32(42(2,3)4)23-31(38(36)52-11)27-48(34-14-15-34)41(51)55-44(8,9)10/h12-13,16,19,23-26,29,34H,14-15,17-18,20-22,27H2,1-11H3,(H,46,49). The van der Waals surface area contributed by atoms with Gasteiger partial charge in [-0.15, -0.1) is 0 Å². The summed E-state index contributed by atoms with van der Waals surface area (Å²) in [5.74, 6) is 1.76. The van der Waals surface area contributed by atoms with E-state index in [1.165, 1.54) is 0 Å². The number of amides is 3. The first-order chi connectivity index (χ1) is 25.7. The van der Waals surface area contributed by atoms with Gasteiger partial charge in [0.25, 0.3) is 5.91 Å². The minimum absolute atomic E-state index is 0.0994. The molecular formula is C44H60N4O7. The molecule has 0 spiro atoms. The lowest BCUT2D eigenvalue weighted by atomic mass is 9.85. The summed E-state index contributed by atoms with van der Waals surface area (Å²) >= 11 is 0. The SMILES string of the molecule is COc1c(CN(C(=O)OC(C)(C)C)C2CC2)cc(C(C)(C)C)cc1NC(=O)c1ccc(C)c(Oc2ccnc(CC3CCN(C(=O)OC(C)(C)C)CC3)c2)c1. The Hall–Kier alpha value is -4.80. The Labute approximate surface area is 327 Å². The largest absolute Gasteiger partial charge is 0.494 e. The van der Waals surface area contributed by atoms with Gasteiger partial charge < -0.3 is 34.1 Å². The summed E-state index contributed by atoms with van der Waals surface area (Å²) in [5.41, 5.74) is 3.13. The second-order valence-electron chi connectivity index (χ2n) is 17.9. The first-order valence-corrected chi connectivity index (χ1v) is 19.4. The zero-order valence-corrected chi connectivity index (χ0v) is 34.6. The number of aryl methyl sites for hydroxylation is 1. The molecule has 5 rings (SSSR count). The number of nitrogens with one attached hydrogen (secondary N) is 1. The number of aromatic nitrogens is 1. The average molecular weight is 757 g/mol. The predicted molar refractivity (Wildman–Crippen MR) is 214 cm³/mol. The van der Waals surface area contributed by atoms with Gasteiger partial charge in [0.05, 0.1) is 19.3 Å². The van der Waals surface area contributed by atoms with Crippen molar-refractivity contribution in [1.29, 1.82) is 0 Å². The van der Waals surface area contributed by atoms with Gasteiger partial charge in [-0.2, -0.15) is 0 Å². The number of likely N-dealkylation sites (tertiary alicyclic amines) is 1. The van der Waals surface area contributed by atoms with E-state index in [4.69, 9.17) is 18.9 Å². The van der Waals surface area contributed by atoms with Crippen LogP contribution >= 0.6 is 0 Å². The van der Waals surface area contributed by atoms with Crippen LogP contribution in [0.5, 0.6) is 17.2 Å². The maximum Gasteiger partial charge on any atom is 0.410 e. The molecule has 0 radical (unpaired) electrons. The molecule has 11 nitrogen and oxygen atoms in total. The van der Waals surface area contributed by atoms with Crippen molar-refractivity contribution in [3.8, 4) is 17.2 Å². The molecule has 1 aliphatic carbocycles. The summed E-state index contributed by atoms with van der Waals surface area (Å²) < 4.78 is 23.6. The molecule has 1 aliphatic heterocycles. The van der Waals surface area contributed by atoms with E-state index in [9.17, 15) is 14.4 Å². The van der Waals surface area contributed by atoms with E-state index >= 15 is 0 Å². The zero-order chi connectivity index (χ0) is 40.3. The van der Waals surface area contributed by atoms with Crippen LogP contribution in [0.15, 0.2) is 48.7 Å². The molecule has 11 heteroatoms. The van der Waals surface area contributed by atoms with Crippen LogP contribution in [0.3, 0.4) is 0 Å². The molecular weight excluding hydrogens is 697 g/mol. The fourth-order valence-corrected chi connectivity index (χ4v) is 6.55. The minimum atomic E-state index is -0.624.